The van der Waals surface area contributed by atoms with E-state index in [0.29, 0.717) is 17.9 Å². The highest BCUT2D eigenvalue weighted by Crippen LogP contribution is 2.16. The van der Waals surface area contributed by atoms with Crippen molar-refractivity contribution in [1.82, 2.24) is 0 Å². The van der Waals surface area contributed by atoms with Crippen LogP contribution in [0.1, 0.15) is 12.5 Å². The molecule has 0 aliphatic heterocycles. The Morgan fingerprint density at radius 1 is 1.44 bits per heavy atom. The molecule has 1 aromatic carbocycles. The third-order valence-electron chi connectivity index (χ3n) is 1.94. The molecule has 0 radical (unpaired) electrons. The Balaban J connectivity index is 2.74. The molecular weight excluding hydrogens is 216 g/mol. The van der Waals surface area contributed by atoms with Crippen molar-refractivity contribution in [3.63, 3.8) is 0 Å². The summed E-state index contributed by atoms with van der Waals surface area (Å²) in [7, 11) is 0. The predicted octanol–water partition coefficient (Wildman–Crippen LogP) is 2.43. The number of amides is 1. The fourth-order valence-corrected chi connectivity index (χ4v) is 1.17. The number of nitrogens with one attached hydrogen (secondary N) is 1. The molecule has 5 heteroatoms. The van der Waals surface area contributed by atoms with Crippen LogP contribution in [0.2, 0.25) is 0 Å². The van der Waals surface area contributed by atoms with Crippen LogP contribution in [0, 0.1) is 0 Å². The number of hydrogen-bond donors (Lipinski definition) is 1. The van der Waals surface area contributed by atoms with Crippen molar-refractivity contribution >= 4 is 11.6 Å². The molecule has 1 N–H and O–H groups in total. The quantitative estimate of drug-likeness (QED) is 0.842. The minimum Gasteiger partial charge on any atom is -0.377 e. The van der Waals surface area contributed by atoms with Gasteiger partial charge in [-0.3, -0.25) is 4.79 Å². The number of anilines is 1. The summed E-state index contributed by atoms with van der Waals surface area (Å²) in [6, 6.07) is 6.70. The Kier molecular flexibility index (Phi) is 4.85. The number of rotatable bonds is 5. The van der Waals surface area contributed by atoms with E-state index in [2.05, 4.69) is 5.32 Å². The molecule has 0 aromatic heterocycles. The molecule has 0 fully saturated rings. The molecule has 16 heavy (non-hydrogen) atoms. The summed E-state index contributed by atoms with van der Waals surface area (Å²) in [4.78, 5) is 10.8. The van der Waals surface area contributed by atoms with Crippen molar-refractivity contribution in [1.29, 1.82) is 0 Å². The monoisotopic (exact) mass is 229 g/mol. The van der Waals surface area contributed by atoms with Crippen molar-refractivity contribution in [2.75, 3.05) is 11.9 Å². The van der Waals surface area contributed by atoms with E-state index in [-0.39, 0.29) is 6.61 Å². The first-order chi connectivity index (χ1) is 7.65. The molecule has 1 amide bonds. The van der Waals surface area contributed by atoms with Gasteiger partial charge in [0.2, 0.25) is 0 Å². The molecule has 0 aliphatic carbocycles. The lowest BCUT2D eigenvalue weighted by Gasteiger charge is -2.10. The lowest BCUT2D eigenvalue weighted by Crippen LogP contribution is -2.21. The van der Waals surface area contributed by atoms with E-state index in [4.69, 9.17) is 4.74 Å². The van der Waals surface area contributed by atoms with Crippen molar-refractivity contribution in [3.8, 4) is 0 Å². The van der Waals surface area contributed by atoms with E-state index >= 15 is 0 Å². The highest BCUT2D eigenvalue weighted by Gasteiger charge is 2.16. The molecular formula is C11H13F2NO2. The van der Waals surface area contributed by atoms with Crippen molar-refractivity contribution in [2.24, 2.45) is 0 Å². The second-order valence-electron chi connectivity index (χ2n) is 3.08. The number of para-hydroxylation sites is 1. The third-order valence-corrected chi connectivity index (χ3v) is 1.94. The largest absolute Gasteiger partial charge is 0.377 e. The van der Waals surface area contributed by atoms with Crippen LogP contribution in [-0.2, 0) is 16.1 Å². The molecule has 0 unspecified atom stereocenters. The Hall–Kier alpha value is -1.49. The van der Waals surface area contributed by atoms with Gasteiger partial charge >= 0.3 is 6.43 Å². The van der Waals surface area contributed by atoms with Gasteiger partial charge in [0.05, 0.1) is 6.61 Å². The highest BCUT2D eigenvalue weighted by atomic mass is 19.3. The van der Waals surface area contributed by atoms with Crippen molar-refractivity contribution in [3.05, 3.63) is 29.8 Å². The zero-order valence-corrected chi connectivity index (χ0v) is 8.87. The number of hydrogen-bond acceptors (Lipinski definition) is 2. The maximum absolute atomic E-state index is 12.1. The predicted molar refractivity (Wildman–Crippen MR) is 56.4 cm³/mol. The van der Waals surface area contributed by atoms with Gasteiger partial charge in [0.1, 0.15) is 0 Å². The van der Waals surface area contributed by atoms with Crippen LogP contribution in [0.3, 0.4) is 0 Å². The van der Waals surface area contributed by atoms with Crippen LogP contribution in [-0.4, -0.2) is 18.9 Å². The van der Waals surface area contributed by atoms with E-state index in [1.165, 1.54) is 0 Å². The van der Waals surface area contributed by atoms with Gasteiger partial charge in [-0.1, -0.05) is 18.2 Å². The fourth-order valence-electron chi connectivity index (χ4n) is 1.17. The second kappa shape index (κ2) is 6.17. The molecule has 3 nitrogen and oxygen atoms in total. The van der Waals surface area contributed by atoms with Gasteiger partial charge in [0.15, 0.2) is 0 Å². The lowest BCUT2D eigenvalue weighted by molar-refractivity contribution is -0.126. The van der Waals surface area contributed by atoms with E-state index in [1.54, 1.807) is 24.3 Å². The molecule has 1 aromatic rings. The second-order valence-corrected chi connectivity index (χ2v) is 3.08. The van der Waals surface area contributed by atoms with Gasteiger partial charge in [-0.15, -0.1) is 0 Å². The maximum Gasteiger partial charge on any atom is 0.315 e. The Morgan fingerprint density at radius 2 is 2.12 bits per heavy atom. The molecule has 0 saturated carbocycles. The topological polar surface area (TPSA) is 38.3 Å². The molecule has 0 aliphatic rings. The average molecular weight is 229 g/mol. The Bertz CT molecular complexity index is 356. The number of ether oxygens (including phenoxy) is 1. The van der Waals surface area contributed by atoms with Crippen LogP contribution in [0.15, 0.2) is 24.3 Å². The minimum absolute atomic E-state index is 0.288. The molecule has 0 atom stereocenters. The summed E-state index contributed by atoms with van der Waals surface area (Å²) in [6.45, 7) is 2.65. The summed E-state index contributed by atoms with van der Waals surface area (Å²) in [5.74, 6) is -1.30. The number of carbonyl (C=O) groups excluding carboxylic acids is 1. The Morgan fingerprint density at radius 3 is 2.75 bits per heavy atom. The third kappa shape index (κ3) is 3.58. The lowest BCUT2D eigenvalue weighted by atomic mass is 10.2. The summed E-state index contributed by atoms with van der Waals surface area (Å²) < 4.78 is 29.3. The highest BCUT2D eigenvalue weighted by molar-refractivity contribution is 5.93. The molecule has 0 heterocycles. The molecule has 0 bridgehead atoms. The number of benzene rings is 1. The zero-order valence-electron chi connectivity index (χ0n) is 8.87. The summed E-state index contributed by atoms with van der Waals surface area (Å²) in [5, 5.41) is 2.15. The SMILES string of the molecule is CCOCc1ccccc1NC(=O)C(F)F. The molecule has 0 saturated heterocycles. The van der Waals surface area contributed by atoms with E-state index in [9.17, 15) is 13.6 Å². The summed E-state index contributed by atoms with van der Waals surface area (Å²) >= 11 is 0. The van der Waals surface area contributed by atoms with Crippen molar-refractivity contribution < 1.29 is 18.3 Å². The first-order valence-electron chi connectivity index (χ1n) is 4.89. The van der Waals surface area contributed by atoms with Crippen molar-refractivity contribution in [2.45, 2.75) is 20.0 Å². The Labute approximate surface area is 92.4 Å². The van der Waals surface area contributed by atoms with E-state index in [1.807, 2.05) is 6.92 Å². The van der Waals surface area contributed by atoms with Gasteiger partial charge < -0.3 is 10.1 Å². The fraction of sp³-hybridized carbons (Fsp3) is 0.364. The minimum atomic E-state index is -3.01. The van der Waals surface area contributed by atoms with Crippen LogP contribution in [0.4, 0.5) is 14.5 Å². The van der Waals surface area contributed by atoms with E-state index < -0.39 is 12.3 Å². The van der Waals surface area contributed by atoms with Crippen LogP contribution in [0.25, 0.3) is 0 Å². The van der Waals surface area contributed by atoms with Gasteiger partial charge in [-0.05, 0) is 13.0 Å². The number of carbonyl (C=O) groups is 1. The van der Waals surface area contributed by atoms with Crippen LogP contribution >= 0.6 is 0 Å². The maximum atomic E-state index is 12.1. The molecule has 88 valence electrons. The average Bonchev–Trinajstić information content (AvgIpc) is 2.27. The summed E-state index contributed by atoms with van der Waals surface area (Å²) in [5.41, 5.74) is 1.04. The van der Waals surface area contributed by atoms with E-state index in [0.717, 1.165) is 0 Å². The first-order valence-corrected chi connectivity index (χ1v) is 4.89. The summed E-state index contributed by atoms with van der Waals surface area (Å²) in [6.07, 6.45) is -3.01. The zero-order chi connectivity index (χ0) is 12.0. The standard InChI is InChI=1S/C11H13F2NO2/c1-2-16-7-8-5-3-4-6-9(8)14-11(15)10(12)13/h3-6,10H,2,7H2,1H3,(H,14,15). The normalized spacial score (nSPS) is 10.5. The van der Waals surface area contributed by atoms with Gasteiger partial charge in [0, 0.05) is 17.9 Å². The molecule has 0 spiro atoms. The van der Waals surface area contributed by atoms with Crippen LogP contribution in [0.5, 0.6) is 0 Å². The van der Waals surface area contributed by atoms with Crippen LogP contribution < -0.4 is 5.32 Å². The van der Waals surface area contributed by atoms with Gasteiger partial charge in [-0.25, -0.2) is 0 Å². The van der Waals surface area contributed by atoms with Gasteiger partial charge in [-0.2, -0.15) is 8.78 Å². The first kappa shape index (κ1) is 12.6. The molecule has 1 rings (SSSR count). The van der Waals surface area contributed by atoms with Gasteiger partial charge in [0.25, 0.3) is 5.91 Å². The number of halogens is 2. The smallest absolute Gasteiger partial charge is 0.315 e. The number of alkyl halides is 2.